The fourth-order valence-electron chi connectivity index (χ4n) is 1.26. The molecule has 0 spiro atoms. The molecule has 2 heterocycles. The lowest BCUT2D eigenvalue weighted by Gasteiger charge is -2.10. The molecule has 2 aromatic rings. The van der Waals surface area contributed by atoms with E-state index >= 15 is 0 Å². The van der Waals surface area contributed by atoms with Gasteiger partial charge < -0.3 is 14.6 Å². The van der Waals surface area contributed by atoms with Crippen molar-refractivity contribution in [2.24, 2.45) is 5.84 Å². The van der Waals surface area contributed by atoms with Crippen LogP contribution in [0.3, 0.4) is 0 Å². The molecule has 0 unspecified atom stereocenters. The summed E-state index contributed by atoms with van der Waals surface area (Å²) in [6.45, 7) is 4.15. The van der Waals surface area contributed by atoms with Crippen molar-refractivity contribution < 1.29 is 9.26 Å². The number of nitrogens with two attached hydrogens (primary N) is 1. The lowest BCUT2D eigenvalue weighted by atomic mass is 10.4. The smallest absolute Gasteiger partial charge is 0.323 e. The Labute approximate surface area is 109 Å². The van der Waals surface area contributed by atoms with Crippen LogP contribution in [-0.2, 0) is 6.54 Å². The van der Waals surface area contributed by atoms with Crippen molar-refractivity contribution in [3.63, 3.8) is 0 Å². The number of aromatic nitrogens is 4. The van der Waals surface area contributed by atoms with Crippen LogP contribution in [-0.4, -0.2) is 26.2 Å². The third kappa shape index (κ3) is 3.78. The van der Waals surface area contributed by atoms with E-state index in [1.54, 1.807) is 12.3 Å². The maximum atomic E-state index is 5.40. The minimum Gasteiger partial charge on any atom is -0.461 e. The number of anilines is 2. The van der Waals surface area contributed by atoms with Gasteiger partial charge in [-0.3, -0.25) is 5.43 Å². The molecular formula is C10H15N7O2. The minimum atomic E-state index is -0.0462. The molecule has 9 nitrogen and oxygen atoms in total. The van der Waals surface area contributed by atoms with Crippen molar-refractivity contribution in [3.05, 3.63) is 18.0 Å². The monoisotopic (exact) mass is 265 g/mol. The zero-order valence-corrected chi connectivity index (χ0v) is 10.6. The summed E-state index contributed by atoms with van der Waals surface area (Å²) in [7, 11) is 0. The van der Waals surface area contributed by atoms with E-state index in [9.17, 15) is 0 Å². The summed E-state index contributed by atoms with van der Waals surface area (Å²) in [6, 6.07) is 1.93. The van der Waals surface area contributed by atoms with Crippen LogP contribution in [0, 0.1) is 0 Å². The van der Waals surface area contributed by atoms with Crippen LogP contribution in [0.4, 0.5) is 11.9 Å². The molecule has 0 aliphatic heterocycles. The Balaban J connectivity index is 2.09. The first-order valence-electron chi connectivity index (χ1n) is 5.70. The molecule has 0 aliphatic carbocycles. The summed E-state index contributed by atoms with van der Waals surface area (Å²) < 4.78 is 10.4. The first-order valence-corrected chi connectivity index (χ1v) is 5.70. The Morgan fingerprint density at radius 2 is 2.11 bits per heavy atom. The summed E-state index contributed by atoms with van der Waals surface area (Å²) in [5.41, 5.74) is 2.36. The van der Waals surface area contributed by atoms with Crippen molar-refractivity contribution in [1.82, 2.24) is 20.1 Å². The van der Waals surface area contributed by atoms with Crippen molar-refractivity contribution in [1.29, 1.82) is 0 Å². The third-order valence-electron chi connectivity index (χ3n) is 2.00. The predicted molar refractivity (Wildman–Crippen MR) is 67.2 cm³/mol. The highest BCUT2D eigenvalue weighted by atomic mass is 16.5. The van der Waals surface area contributed by atoms with Crippen LogP contribution in [0.25, 0.3) is 0 Å². The highest BCUT2D eigenvalue weighted by Crippen LogP contribution is 2.12. The zero-order valence-electron chi connectivity index (χ0n) is 10.6. The molecule has 0 bridgehead atoms. The van der Waals surface area contributed by atoms with E-state index < -0.39 is 0 Å². The van der Waals surface area contributed by atoms with Crippen LogP contribution in [0.2, 0.25) is 0 Å². The molecule has 0 radical (unpaired) electrons. The number of hydrogen-bond donors (Lipinski definition) is 3. The van der Waals surface area contributed by atoms with E-state index in [-0.39, 0.29) is 18.1 Å². The quantitative estimate of drug-likeness (QED) is 0.507. The van der Waals surface area contributed by atoms with Crippen LogP contribution in [0.15, 0.2) is 16.8 Å². The first-order chi connectivity index (χ1) is 9.17. The van der Waals surface area contributed by atoms with Gasteiger partial charge in [0.1, 0.15) is 0 Å². The van der Waals surface area contributed by atoms with Gasteiger partial charge in [-0.05, 0) is 13.8 Å². The predicted octanol–water partition coefficient (Wildman–Crippen LogP) is 0.544. The maximum absolute atomic E-state index is 5.40. The summed E-state index contributed by atoms with van der Waals surface area (Å²) >= 11 is 0. The van der Waals surface area contributed by atoms with Gasteiger partial charge in [0.15, 0.2) is 5.76 Å². The van der Waals surface area contributed by atoms with Crippen molar-refractivity contribution >= 4 is 11.9 Å². The fourth-order valence-corrected chi connectivity index (χ4v) is 1.26. The Morgan fingerprint density at radius 3 is 2.74 bits per heavy atom. The Kier molecular flexibility index (Phi) is 4.08. The Bertz CT molecular complexity index is 515. The molecule has 0 saturated carbocycles. The van der Waals surface area contributed by atoms with Crippen molar-refractivity contribution in [3.8, 4) is 6.01 Å². The second-order valence-corrected chi connectivity index (χ2v) is 3.91. The Morgan fingerprint density at radius 1 is 1.32 bits per heavy atom. The number of nitrogen functional groups attached to an aromatic ring is 1. The van der Waals surface area contributed by atoms with Gasteiger partial charge in [-0.25, -0.2) is 5.84 Å². The standard InChI is InChI=1S/C10H15N7O2/c1-6(2)18-10-15-8(14-9(16-10)17-11)12-5-7-3-4-13-19-7/h3-4,6H,5,11H2,1-2H3,(H2,12,14,15,16,17). The number of hydrogen-bond acceptors (Lipinski definition) is 9. The van der Waals surface area contributed by atoms with Crippen LogP contribution < -0.4 is 21.3 Å². The highest BCUT2D eigenvalue weighted by Gasteiger charge is 2.08. The number of hydrazine groups is 1. The molecular weight excluding hydrogens is 250 g/mol. The van der Waals surface area contributed by atoms with E-state index in [0.717, 1.165) is 0 Å². The summed E-state index contributed by atoms with van der Waals surface area (Å²) in [4.78, 5) is 12.1. The van der Waals surface area contributed by atoms with Gasteiger partial charge >= 0.3 is 6.01 Å². The molecule has 102 valence electrons. The summed E-state index contributed by atoms with van der Waals surface area (Å²) in [6.07, 6.45) is 1.51. The average molecular weight is 265 g/mol. The first kappa shape index (κ1) is 13.0. The average Bonchev–Trinajstić information content (AvgIpc) is 2.88. The molecule has 9 heteroatoms. The maximum Gasteiger partial charge on any atom is 0.323 e. The molecule has 0 aliphatic rings. The van der Waals surface area contributed by atoms with Gasteiger partial charge in [0.25, 0.3) is 0 Å². The second-order valence-electron chi connectivity index (χ2n) is 3.91. The Hall–Kier alpha value is -2.42. The molecule has 2 rings (SSSR count). The largest absolute Gasteiger partial charge is 0.461 e. The molecule has 0 aromatic carbocycles. The SMILES string of the molecule is CC(C)Oc1nc(NN)nc(NCc2ccno2)n1. The van der Waals surface area contributed by atoms with Gasteiger partial charge in [-0.1, -0.05) is 5.16 Å². The van der Waals surface area contributed by atoms with Crippen LogP contribution in [0.5, 0.6) is 6.01 Å². The fraction of sp³-hybridized carbons (Fsp3) is 0.400. The van der Waals surface area contributed by atoms with E-state index in [4.69, 9.17) is 15.1 Å². The van der Waals surface area contributed by atoms with Crippen LogP contribution >= 0.6 is 0 Å². The van der Waals surface area contributed by atoms with Crippen LogP contribution in [0.1, 0.15) is 19.6 Å². The van der Waals surface area contributed by atoms with Gasteiger partial charge in [0.05, 0.1) is 18.8 Å². The minimum absolute atomic E-state index is 0.0462. The molecule has 19 heavy (non-hydrogen) atoms. The topological polar surface area (TPSA) is 124 Å². The third-order valence-corrected chi connectivity index (χ3v) is 2.00. The van der Waals surface area contributed by atoms with E-state index in [1.807, 2.05) is 13.8 Å². The molecule has 0 fully saturated rings. The molecule has 4 N–H and O–H groups in total. The second kappa shape index (κ2) is 5.96. The number of nitrogens with zero attached hydrogens (tertiary/aromatic N) is 4. The van der Waals surface area contributed by atoms with E-state index in [0.29, 0.717) is 18.3 Å². The normalized spacial score (nSPS) is 10.5. The summed E-state index contributed by atoms with van der Waals surface area (Å²) in [5, 5.41) is 6.56. The number of ether oxygens (including phenoxy) is 1. The molecule has 2 aromatic heterocycles. The van der Waals surface area contributed by atoms with Gasteiger partial charge in [0, 0.05) is 6.07 Å². The zero-order chi connectivity index (χ0) is 13.7. The number of rotatable bonds is 6. The molecule has 0 amide bonds. The molecule has 0 saturated heterocycles. The van der Waals surface area contributed by atoms with Crippen molar-refractivity contribution in [2.75, 3.05) is 10.7 Å². The highest BCUT2D eigenvalue weighted by molar-refractivity contribution is 5.35. The van der Waals surface area contributed by atoms with E-state index in [1.165, 1.54) is 0 Å². The lowest BCUT2D eigenvalue weighted by molar-refractivity contribution is 0.222. The van der Waals surface area contributed by atoms with Gasteiger partial charge in [-0.15, -0.1) is 0 Å². The lowest BCUT2D eigenvalue weighted by Crippen LogP contribution is -2.16. The summed E-state index contributed by atoms with van der Waals surface area (Å²) in [5.74, 6) is 6.50. The number of nitrogens with one attached hydrogen (secondary N) is 2. The molecule has 0 atom stereocenters. The van der Waals surface area contributed by atoms with E-state index in [2.05, 4.69) is 30.9 Å². The van der Waals surface area contributed by atoms with Gasteiger partial charge in [-0.2, -0.15) is 15.0 Å². The van der Waals surface area contributed by atoms with Crippen molar-refractivity contribution in [2.45, 2.75) is 26.5 Å². The van der Waals surface area contributed by atoms with Gasteiger partial charge in [0.2, 0.25) is 11.9 Å².